The topological polar surface area (TPSA) is 81.1 Å². The van der Waals surface area contributed by atoms with Crippen LogP contribution in [0.4, 0.5) is 28.0 Å². The zero-order valence-corrected chi connectivity index (χ0v) is 17.6. The lowest BCUT2D eigenvalue weighted by molar-refractivity contribution is -0.137. The fourth-order valence-electron chi connectivity index (χ4n) is 3.25. The summed E-state index contributed by atoms with van der Waals surface area (Å²) in [4.78, 5) is 20.8. The van der Waals surface area contributed by atoms with Crippen molar-refractivity contribution in [2.75, 3.05) is 18.5 Å². The van der Waals surface area contributed by atoms with Crippen molar-refractivity contribution in [2.45, 2.75) is 12.7 Å². The summed E-state index contributed by atoms with van der Waals surface area (Å²) in [6.45, 7) is 0.104. The Balaban J connectivity index is 1.48. The predicted octanol–water partition coefficient (Wildman–Crippen LogP) is 5.38. The SMILES string of the molecule is O=C(Nc1cccc(C(F)(F)F)c1)n1ccc2cc(Oc3cc(CNCCF)ncn3)ccc21. The van der Waals surface area contributed by atoms with Crippen LogP contribution < -0.4 is 15.4 Å². The van der Waals surface area contributed by atoms with Gasteiger partial charge in [0.1, 0.15) is 18.8 Å². The molecule has 34 heavy (non-hydrogen) atoms. The number of hydrogen-bond acceptors (Lipinski definition) is 5. The molecule has 176 valence electrons. The van der Waals surface area contributed by atoms with E-state index in [-0.39, 0.29) is 12.2 Å². The van der Waals surface area contributed by atoms with Gasteiger partial charge in [0, 0.05) is 36.4 Å². The number of benzene rings is 2. The quantitative estimate of drug-likeness (QED) is 0.278. The highest BCUT2D eigenvalue weighted by molar-refractivity contribution is 5.98. The number of ether oxygens (including phenoxy) is 1. The van der Waals surface area contributed by atoms with Crippen LogP contribution in [0.1, 0.15) is 11.3 Å². The molecule has 7 nitrogen and oxygen atoms in total. The Morgan fingerprint density at radius 2 is 1.91 bits per heavy atom. The predicted molar refractivity (Wildman–Crippen MR) is 118 cm³/mol. The minimum atomic E-state index is -4.51. The molecule has 2 N–H and O–H groups in total. The number of alkyl halides is 4. The van der Waals surface area contributed by atoms with Gasteiger partial charge in [-0.15, -0.1) is 0 Å². The van der Waals surface area contributed by atoms with Gasteiger partial charge >= 0.3 is 12.2 Å². The summed E-state index contributed by atoms with van der Waals surface area (Å²) < 4.78 is 58.0. The first-order valence-electron chi connectivity index (χ1n) is 10.2. The summed E-state index contributed by atoms with van der Waals surface area (Å²) in [5.74, 6) is 0.762. The second-order valence-electron chi connectivity index (χ2n) is 7.23. The molecule has 2 heterocycles. The zero-order valence-electron chi connectivity index (χ0n) is 17.6. The molecule has 0 aliphatic carbocycles. The molecule has 11 heteroatoms. The third-order valence-corrected chi connectivity index (χ3v) is 4.82. The average molecular weight is 473 g/mol. The fourth-order valence-corrected chi connectivity index (χ4v) is 3.25. The number of aromatic nitrogens is 3. The molecule has 2 aromatic heterocycles. The van der Waals surface area contributed by atoms with Crippen molar-refractivity contribution in [3.63, 3.8) is 0 Å². The maximum absolute atomic E-state index is 12.9. The Kier molecular flexibility index (Phi) is 6.73. The second kappa shape index (κ2) is 9.87. The van der Waals surface area contributed by atoms with E-state index < -0.39 is 24.4 Å². The first-order valence-corrected chi connectivity index (χ1v) is 10.2. The van der Waals surface area contributed by atoms with Crippen molar-refractivity contribution >= 4 is 22.6 Å². The molecular formula is C23H19F4N5O2. The molecule has 0 fully saturated rings. The molecule has 4 rings (SSSR count). The molecule has 0 unspecified atom stereocenters. The molecule has 1 amide bonds. The molecule has 0 aliphatic rings. The Labute approximate surface area is 191 Å². The molecule has 2 aromatic carbocycles. The first-order chi connectivity index (χ1) is 16.3. The van der Waals surface area contributed by atoms with E-state index in [1.807, 2.05) is 0 Å². The van der Waals surface area contributed by atoms with Gasteiger partial charge in [0.2, 0.25) is 5.88 Å². The van der Waals surface area contributed by atoms with E-state index in [1.165, 1.54) is 29.2 Å². The van der Waals surface area contributed by atoms with Gasteiger partial charge in [0.05, 0.1) is 16.8 Å². The van der Waals surface area contributed by atoms with Crippen LogP contribution in [0.3, 0.4) is 0 Å². The molecule has 0 atom stereocenters. The van der Waals surface area contributed by atoms with Crippen molar-refractivity contribution in [1.29, 1.82) is 0 Å². The van der Waals surface area contributed by atoms with Gasteiger partial charge in [-0.25, -0.2) is 19.2 Å². The van der Waals surface area contributed by atoms with Gasteiger partial charge in [-0.05, 0) is 42.5 Å². The summed E-state index contributed by atoms with van der Waals surface area (Å²) in [6, 6.07) is 12.1. The van der Waals surface area contributed by atoms with Crippen molar-refractivity contribution in [1.82, 2.24) is 19.9 Å². The molecule has 0 bridgehead atoms. The number of rotatable bonds is 7. The Bertz CT molecular complexity index is 1310. The highest BCUT2D eigenvalue weighted by atomic mass is 19.4. The highest BCUT2D eigenvalue weighted by Gasteiger charge is 2.30. The number of nitrogens with one attached hydrogen (secondary N) is 2. The normalized spacial score (nSPS) is 11.5. The molecular weight excluding hydrogens is 454 g/mol. The van der Waals surface area contributed by atoms with Crippen LogP contribution in [0, 0.1) is 0 Å². The number of carbonyl (C=O) groups is 1. The maximum Gasteiger partial charge on any atom is 0.416 e. The Morgan fingerprint density at radius 1 is 1.06 bits per heavy atom. The maximum atomic E-state index is 12.9. The largest absolute Gasteiger partial charge is 0.439 e. The van der Waals surface area contributed by atoms with E-state index in [0.29, 0.717) is 34.8 Å². The van der Waals surface area contributed by atoms with E-state index in [0.717, 1.165) is 12.1 Å². The van der Waals surface area contributed by atoms with Gasteiger partial charge in [-0.1, -0.05) is 6.07 Å². The number of amides is 1. The number of nitrogens with zero attached hydrogens (tertiary/aromatic N) is 3. The number of fused-ring (bicyclic) bond motifs is 1. The monoisotopic (exact) mass is 473 g/mol. The number of hydrogen-bond donors (Lipinski definition) is 2. The summed E-state index contributed by atoms with van der Waals surface area (Å²) in [5, 5.41) is 6.04. The van der Waals surface area contributed by atoms with Crippen molar-refractivity contribution in [2.24, 2.45) is 0 Å². The van der Waals surface area contributed by atoms with Crippen LogP contribution in [-0.2, 0) is 12.7 Å². The summed E-state index contributed by atoms with van der Waals surface area (Å²) in [7, 11) is 0. The third-order valence-electron chi connectivity index (χ3n) is 4.82. The van der Waals surface area contributed by atoms with Crippen LogP contribution in [-0.4, -0.2) is 33.8 Å². The molecule has 4 aromatic rings. The summed E-state index contributed by atoms with van der Waals surface area (Å²) in [6.07, 6.45) is -1.65. The summed E-state index contributed by atoms with van der Waals surface area (Å²) >= 11 is 0. The molecule has 0 saturated carbocycles. The van der Waals surface area contributed by atoms with Crippen molar-refractivity contribution in [3.05, 3.63) is 78.4 Å². The standard InChI is InChI=1S/C23H19F4N5O2/c24-7-8-28-13-18-12-21(30-14-29-18)34-19-4-5-20-15(10-19)6-9-32(20)22(33)31-17-3-1-2-16(11-17)23(25,26)27/h1-6,9-12,14,28H,7-8,13H2,(H,31,33). The Hall–Kier alpha value is -3.99. The van der Waals surface area contributed by atoms with E-state index in [4.69, 9.17) is 4.74 Å². The van der Waals surface area contributed by atoms with Gasteiger partial charge in [0.25, 0.3) is 0 Å². The summed E-state index contributed by atoms with van der Waals surface area (Å²) in [5.41, 5.74) is 0.352. The van der Waals surface area contributed by atoms with Gasteiger partial charge in [-0.3, -0.25) is 4.57 Å². The van der Waals surface area contributed by atoms with E-state index in [1.54, 1.807) is 30.3 Å². The lowest BCUT2D eigenvalue weighted by Gasteiger charge is -2.11. The number of carbonyl (C=O) groups excluding carboxylic acids is 1. The van der Waals surface area contributed by atoms with Crippen LogP contribution in [0.25, 0.3) is 10.9 Å². The first kappa shape index (κ1) is 23.2. The van der Waals surface area contributed by atoms with E-state index in [9.17, 15) is 22.4 Å². The van der Waals surface area contributed by atoms with Gasteiger partial charge in [-0.2, -0.15) is 13.2 Å². The average Bonchev–Trinajstić information content (AvgIpc) is 3.23. The van der Waals surface area contributed by atoms with Crippen LogP contribution >= 0.6 is 0 Å². The van der Waals surface area contributed by atoms with Gasteiger partial charge in [0.15, 0.2) is 0 Å². The number of halogens is 4. The van der Waals surface area contributed by atoms with Crippen molar-refractivity contribution < 1.29 is 27.1 Å². The minimum Gasteiger partial charge on any atom is -0.439 e. The molecule has 0 radical (unpaired) electrons. The van der Waals surface area contributed by atoms with Crippen LogP contribution in [0.2, 0.25) is 0 Å². The fraction of sp³-hybridized carbons (Fsp3) is 0.174. The third kappa shape index (κ3) is 5.49. The minimum absolute atomic E-state index is 0.0298. The molecule has 0 aliphatic heterocycles. The van der Waals surface area contributed by atoms with Crippen LogP contribution in [0.15, 0.2) is 67.1 Å². The Morgan fingerprint density at radius 3 is 2.71 bits per heavy atom. The molecule has 0 spiro atoms. The molecule has 0 saturated heterocycles. The van der Waals surface area contributed by atoms with Gasteiger partial charge < -0.3 is 15.4 Å². The zero-order chi connectivity index (χ0) is 24.1. The van der Waals surface area contributed by atoms with E-state index >= 15 is 0 Å². The number of anilines is 1. The smallest absolute Gasteiger partial charge is 0.416 e. The van der Waals surface area contributed by atoms with Crippen LogP contribution in [0.5, 0.6) is 11.6 Å². The second-order valence-corrected chi connectivity index (χ2v) is 7.23. The highest BCUT2D eigenvalue weighted by Crippen LogP contribution is 2.31. The van der Waals surface area contributed by atoms with E-state index in [2.05, 4.69) is 20.6 Å². The lowest BCUT2D eigenvalue weighted by Crippen LogP contribution is -2.18. The lowest BCUT2D eigenvalue weighted by atomic mass is 10.2. The van der Waals surface area contributed by atoms with Crippen molar-refractivity contribution in [3.8, 4) is 11.6 Å².